The van der Waals surface area contributed by atoms with Gasteiger partial charge in [-0.15, -0.1) is 5.10 Å². The molecule has 1 amide bonds. The highest BCUT2D eigenvalue weighted by molar-refractivity contribution is 5.92. The maximum Gasteiger partial charge on any atom is 0.274 e. The molecule has 3 rings (SSSR count). The number of hydrogen-bond acceptors (Lipinski definition) is 6. The Morgan fingerprint density at radius 1 is 1.27 bits per heavy atom. The van der Waals surface area contributed by atoms with Gasteiger partial charge in [0.05, 0.1) is 25.5 Å². The molecule has 0 unspecified atom stereocenters. The number of nitrogens with zero attached hydrogens (tertiary/aromatic N) is 3. The van der Waals surface area contributed by atoms with Crippen molar-refractivity contribution in [3.05, 3.63) is 53.3 Å². The molecule has 1 atom stereocenters. The molecule has 0 radical (unpaired) electrons. The predicted octanol–water partition coefficient (Wildman–Crippen LogP) is 1.38. The van der Waals surface area contributed by atoms with E-state index in [2.05, 4.69) is 10.2 Å². The summed E-state index contributed by atoms with van der Waals surface area (Å²) in [6.45, 7) is 4.70. The van der Waals surface area contributed by atoms with Crippen molar-refractivity contribution in [1.82, 2.24) is 15.1 Å². The van der Waals surface area contributed by atoms with Crippen molar-refractivity contribution in [1.29, 1.82) is 0 Å². The average Bonchev–Trinajstić information content (AvgIpc) is 2.83. The standard InChI is InChI=1S/C19H23N3O4/c1-14-5-3-4-6-17(14)26-13-19(24)11-22(9-10-25-12-19)18(23)16-8-7-15(2)20-21-16/h3-8,24H,9-13H2,1-2H3/t19-/m1/s1. The van der Waals surface area contributed by atoms with E-state index in [0.29, 0.717) is 18.9 Å². The van der Waals surface area contributed by atoms with Crippen LogP contribution in [0.25, 0.3) is 0 Å². The van der Waals surface area contributed by atoms with Crippen LogP contribution in [0.4, 0.5) is 0 Å². The molecule has 0 spiro atoms. The van der Waals surface area contributed by atoms with Gasteiger partial charge < -0.3 is 19.5 Å². The van der Waals surface area contributed by atoms with Gasteiger partial charge in [-0.1, -0.05) is 18.2 Å². The molecule has 1 aromatic carbocycles. The van der Waals surface area contributed by atoms with Gasteiger partial charge in [-0.25, -0.2) is 0 Å². The van der Waals surface area contributed by atoms with Gasteiger partial charge in [0.25, 0.3) is 5.91 Å². The summed E-state index contributed by atoms with van der Waals surface area (Å²) in [5, 5.41) is 18.8. The van der Waals surface area contributed by atoms with E-state index in [-0.39, 0.29) is 31.4 Å². The molecule has 7 heteroatoms. The van der Waals surface area contributed by atoms with Crippen LogP contribution in [-0.2, 0) is 4.74 Å². The van der Waals surface area contributed by atoms with Gasteiger partial charge >= 0.3 is 0 Å². The SMILES string of the molecule is Cc1ccc(C(=O)N2CCOC[C@@](O)(COc3ccccc3C)C2)nn1. The fourth-order valence-corrected chi connectivity index (χ4v) is 2.78. The molecule has 1 aliphatic heterocycles. The molecule has 1 fully saturated rings. The smallest absolute Gasteiger partial charge is 0.274 e. The molecular weight excluding hydrogens is 334 g/mol. The van der Waals surface area contributed by atoms with E-state index in [1.165, 1.54) is 4.90 Å². The lowest BCUT2D eigenvalue weighted by molar-refractivity contribution is -0.0622. The summed E-state index contributed by atoms with van der Waals surface area (Å²) in [4.78, 5) is 14.2. The number of hydrogen-bond donors (Lipinski definition) is 1. The molecule has 1 saturated heterocycles. The number of carbonyl (C=O) groups is 1. The molecule has 138 valence electrons. The van der Waals surface area contributed by atoms with Crippen molar-refractivity contribution in [3.8, 4) is 5.75 Å². The number of amides is 1. The highest BCUT2D eigenvalue weighted by Crippen LogP contribution is 2.20. The van der Waals surface area contributed by atoms with Crippen molar-refractivity contribution in [2.24, 2.45) is 0 Å². The van der Waals surface area contributed by atoms with Crippen LogP contribution in [0.5, 0.6) is 5.75 Å². The first-order chi connectivity index (χ1) is 12.5. The minimum Gasteiger partial charge on any atom is -0.490 e. The second-order valence-corrected chi connectivity index (χ2v) is 6.62. The summed E-state index contributed by atoms with van der Waals surface area (Å²) in [6, 6.07) is 11.0. The lowest BCUT2D eigenvalue weighted by atomic mass is 10.1. The zero-order valence-electron chi connectivity index (χ0n) is 15.0. The lowest BCUT2D eigenvalue weighted by Gasteiger charge is -2.30. The Morgan fingerprint density at radius 3 is 2.81 bits per heavy atom. The molecule has 2 heterocycles. The van der Waals surface area contributed by atoms with Crippen LogP contribution >= 0.6 is 0 Å². The summed E-state index contributed by atoms with van der Waals surface area (Å²) >= 11 is 0. The second kappa shape index (κ2) is 7.80. The zero-order valence-corrected chi connectivity index (χ0v) is 15.0. The number of aromatic nitrogens is 2. The third kappa shape index (κ3) is 4.36. The Balaban J connectivity index is 1.70. The van der Waals surface area contributed by atoms with E-state index in [0.717, 1.165) is 11.3 Å². The van der Waals surface area contributed by atoms with E-state index >= 15 is 0 Å². The minimum atomic E-state index is -1.30. The molecule has 1 aliphatic rings. The number of para-hydroxylation sites is 1. The minimum absolute atomic E-state index is 0.0290. The Bertz CT molecular complexity index is 766. The highest BCUT2D eigenvalue weighted by Gasteiger charge is 2.36. The van der Waals surface area contributed by atoms with E-state index in [4.69, 9.17) is 9.47 Å². The van der Waals surface area contributed by atoms with Gasteiger partial charge in [0.1, 0.15) is 18.0 Å². The fraction of sp³-hybridized carbons (Fsp3) is 0.421. The third-order valence-electron chi connectivity index (χ3n) is 4.26. The first kappa shape index (κ1) is 18.3. The van der Waals surface area contributed by atoms with Crippen LogP contribution in [0, 0.1) is 13.8 Å². The Hall–Kier alpha value is -2.51. The maximum atomic E-state index is 12.7. The monoisotopic (exact) mass is 357 g/mol. The van der Waals surface area contributed by atoms with Crippen LogP contribution in [0.1, 0.15) is 21.7 Å². The van der Waals surface area contributed by atoms with E-state index in [1.54, 1.807) is 12.1 Å². The molecule has 26 heavy (non-hydrogen) atoms. The van der Waals surface area contributed by atoms with Gasteiger partial charge in [0.15, 0.2) is 5.69 Å². The number of rotatable bonds is 4. The molecule has 1 N–H and O–H groups in total. The van der Waals surface area contributed by atoms with Crippen molar-refractivity contribution in [2.75, 3.05) is 32.9 Å². The van der Waals surface area contributed by atoms with Gasteiger partial charge in [-0.2, -0.15) is 5.10 Å². The third-order valence-corrected chi connectivity index (χ3v) is 4.26. The summed E-state index contributed by atoms with van der Waals surface area (Å²) < 4.78 is 11.3. The summed E-state index contributed by atoms with van der Waals surface area (Å²) in [7, 11) is 0. The number of aliphatic hydroxyl groups is 1. The molecule has 0 saturated carbocycles. The zero-order chi connectivity index (χ0) is 18.6. The van der Waals surface area contributed by atoms with Gasteiger partial charge in [-0.3, -0.25) is 4.79 Å². The highest BCUT2D eigenvalue weighted by atomic mass is 16.5. The van der Waals surface area contributed by atoms with E-state index < -0.39 is 5.60 Å². The van der Waals surface area contributed by atoms with Crippen LogP contribution < -0.4 is 4.74 Å². The fourth-order valence-electron chi connectivity index (χ4n) is 2.78. The quantitative estimate of drug-likeness (QED) is 0.890. The Kier molecular flexibility index (Phi) is 5.49. The maximum absolute atomic E-state index is 12.7. The molecule has 0 aliphatic carbocycles. The molecule has 0 bridgehead atoms. The van der Waals surface area contributed by atoms with Crippen molar-refractivity contribution in [2.45, 2.75) is 19.4 Å². The van der Waals surface area contributed by atoms with Crippen LogP contribution in [-0.4, -0.2) is 64.6 Å². The molecule has 1 aromatic heterocycles. The van der Waals surface area contributed by atoms with Crippen molar-refractivity contribution in [3.63, 3.8) is 0 Å². The van der Waals surface area contributed by atoms with E-state index in [1.807, 2.05) is 38.1 Å². The number of aryl methyl sites for hydroxylation is 2. The molecular formula is C19H23N3O4. The Morgan fingerprint density at radius 2 is 2.08 bits per heavy atom. The topological polar surface area (TPSA) is 84.8 Å². The first-order valence-corrected chi connectivity index (χ1v) is 8.55. The molecule has 2 aromatic rings. The molecule has 7 nitrogen and oxygen atoms in total. The second-order valence-electron chi connectivity index (χ2n) is 6.62. The number of carbonyl (C=O) groups excluding carboxylic acids is 1. The largest absolute Gasteiger partial charge is 0.490 e. The number of benzene rings is 1. The van der Waals surface area contributed by atoms with Crippen LogP contribution in [0.2, 0.25) is 0 Å². The normalized spacial score (nSPS) is 20.5. The number of β-amino-alcohol motifs (C(OH)–C–C–N with tert-alkyl or cyclic N) is 1. The lowest BCUT2D eigenvalue weighted by Crippen LogP contribution is -2.50. The Labute approximate surface area is 152 Å². The van der Waals surface area contributed by atoms with Crippen molar-refractivity contribution >= 4 is 5.91 Å². The van der Waals surface area contributed by atoms with Gasteiger partial charge in [-0.05, 0) is 37.6 Å². The van der Waals surface area contributed by atoms with Gasteiger partial charge in [0.2, 0.25) is 0 Å². The summed E-state index contributed by atoms with van der Waals surface area (Å²) in [5.74, 6) is 0.421. The van der Waals surface area contributed by atoms with E-state index in [9.17, 15) is 9.90 Å². The van der Waals surface area contributed by atoms with Crippen molar-refractivity contribution < 1.29 is 19.4 Å². The van der Waals surface area contributed by atoms with Crippen LogP contribution in [0.3, 0.4) is 0 Å². The average molecular weight is 357 g/mol. The van der Waals surface area contributed by atoms with Gasteiger partial charge in [0, 0.05) is 6.54 Å². The van der Waals surface area contributed by atoms with Crippen LogP contribution in [0.15, 0.2) is 36.4 Å². The summed E-state index contributed by atoms with van der Waals surface area (Å²) in [6.07, 6.45) is 0. The predicted molar refractivity (Wildman–Crippen MR) is 95.1 cm³/mol. The first-order valence-electron chi connectivity index (χ1n) is 8.55. The summed E-state index contributed by atoms with van der Waals surface area (Å²) in [5.41, 5.74) is 0.670. The number of ether oxygens (including phenoxy) is 2.